The zero-order valence-corrected chi connectivity index (χ0v) is 14.6. The van der Waals surface area contributed by atoms with E-state index < -0.39 is 0 Å². The molecule has 1 saturated heterocycles. The Morgan fingerprint density at radius 3 is 3.04 bits per heavy atom. The topological polar surface area (TPSA) is 42.3 Å². The summed E-state index contributed by atoms with van der Waals surface area (Å²) >= 11 is 3.28. The average molecular weight is 383 g/mol. The lowest BCUT2D eigenvalue weighted by Gasteiger charge is -2.35. The van der Waals surface area contributed by atoms with Gasteiger partial charge in [0.05, 0.1) is 6.04 Å². The minimum Gasteiger partial charge on any atom is -0.492 e. The van der Waals surface area contributed by atoms with Crippen LogP contribution in [-0.4, -0.2) is 47.2 Å². The largest absolute Gasteiger partial charge is 0.492 e. The van der Waals surface area contributed by atoms with Crippen molar-refractivity contribution in [3.8, 4) is 5.75 Å². The monoisotopic (exact) mass is 382 g/mol. The van der Waals surface area contributed by atoms with Gasteiger partial charge in [0.1, 0.15) is 24.0 Å². The van der Waals surface area contributed by atoms with Gasteiger partial charge in [-0.3, -0.25) is 4.90 Å². The lowest BCUT2D eigenvalue weighted by atomic mass is 10.2. The van der Waals surface area contributed by atoms with Crippen molar-refractivity contribution in [3.63, 3.8) is 0 Å². The van der Waals surface area contributed by atoms with E-state index in [4.69, 9.17) is 4.74 Å². The first-order chi connectivity index (χ1) is 11.1. The Morgan fingerprint density at radius 2 is 2.30 bits per heavy atom. The standard InChI is InChI=1S/C16H20BrFN4O/c1-21-4-3-20-16(21)15-11-19-2-5-22(15)6-7-23-14-9-12(17)8-13(18)10-14/h3-4,8-10,15,19H,2,5-7,11H2,1H3. The summed E-state index contributed by atoms with van der Waals surface area (Å²) in [6.07, 6.45) is 3.78. The van der Waals surface area contributed by atoms with Gasteiger partial charge in [0.2, 0.25) is 0 Å². The minimum absolute atomic E-state index is 0.228. The van der Waals surface area contributed by atoms with Crippen molar-refractivity contribution < 1.29 is 9.13 Å². The summed E-state index contributed by atoms with van der Waals surface area (Å²) in [6, 6.07) is 4.82. The predicted octanol–water partition coefficient (Wildman–Crippen LogP) is 2.35. The van der Waals surface area contributed by atoms with Gasteiger partial charge in [0.15, 0.2) is 0 Å². The molecule has 1 unspecified atom stereocenters. The molecule has 1 N–H and O–H groups in total. The summed E-state index contributed by atoms with van der Waals surface area (Å²) in [6.45, 7) is 4.04. The highest BCUT2D eigenvalue weighted by Crippen LogP contribution is 2.22. The number of nitrogens with one attached hydrogen (secondary N) is 1. The van der Waals surface area contributed by atoms with Crippen LogP contribution in [0.15, 0.2) is 35.1 Å². The van der Waals surface area contributed by atoms with Gasteiger partial charge in [-0.05, 0) is 12.1 Å². The first-order valence-electron chi connectivity index (χ1n) is 7.64. The van der Waals surface area contributed by atoms with E-state index in [1.54, 1.807) is 6.07 Å². The molecule has 2 aromatic rings. The summed E-state index contributed by atoms with van der Waals surface area (Å²) in [5.74, 6) is 1.29. The molecule has 1 fully saturated rings. The lowest BCUT2D eigenvalue weighted by molar-refractivity contribution is 0.127. The molecule has 0 saturated carbocycles. The van der Waals surface area contributed by atoms with Crippen LogP contribution in [0.4, 0.5) is 4.39 Å². The van der Waals surface area contributed by atoms with Gasteiger partial charge in [-0.15, -0.1) is 0 Å². The smallest absolute Gasteiger partial charge is 0.128 e. The number of rotatable bonds is 5. The molecule has 0 bridgehead atoms. The third-order valence-electron chi connectivity index (χ3n) is 3.99. The van der Waals surface area contributed by atoms with Crippen LogP contribution in [0, 0.1) is 5.82 Å². The zero-order valence-electron chi connectivity index (χ0n) is 13.0. The van der Waals surface area contributed by atoms with Crippen molar-refractivity contribution in [1.29, 1.82) is 0 Å². The number of halogens is 2. The zero-order chi connectivity index (χ0) is 16.2. The van der Waals surface area contributed by atoms with Crippen molar-refractivity contribution in [1.82, 2.24) is 19.8 Å². The van der Waals surface area contributed by atoms with Crippen LogP contribution < -0.4 is 10.1 Å². The fourth-order valence-corrected chi connectivity index (χ4v) is 3.30. The number of aromatic nitrogens is 2. The summed E-state index contributed by atoms with van der Waals surface area (Å²) < 4.78 is 21.8. The van der Waals surface area contributed by atoms with E-state index in [1.165, 1.54) is 12.1 Å². The number of aryl methyl sites for hydroxylation is 1. The van der Waals surface area contributed by atoms with Crippen LogP contribution in [0.25, 0.3) is 0 Å². The number of ether oxygens (including phenoxy) is 1. The second-order valence-electron chi connectivity index (χ2n) is 5.61. The number of nitrogens with zero attached hydrogens (tertiary/aromatic N) is 3. The van der Waals surface area contributed by atoms with Gasteiger partial charge in [-0.25, -0.2) is 9.37 Å². The number of hydrogen-bond donors (Lipinski definition) is 1. The maximum absolute atomic E-state index is 13.4. The molecule has 7 heteroatoms. The van der Waals surface area contributed by atoms with E-state index in [0.29, 0.717) is 16.8 Å². The molecular formula is C16H20BrFN4O. The normalized spacial score (nSPS) is 19.0. The molecule has 3 rings (SSSR count). The van der Waals surface area contributed by atoms with E-state index >= 15 is 0 Å². The van der Waals surface area contributed by atoms with Crippen molar-refractivity contribution in [2.45, 2.75) is 6.04 Å². The van der Waals surface area contributed by atoms with Crippen molar-refractivity contribution in [2.75, 3.05) is 32.8 Å². The molecule has 2 heterocycles. The molecule has 124 valence electrons. The van der Waals surface area contributed by atoms with E-state index in [9.17, 15) is 4.39 Å². The van der Waals surface area contributed by atoms with E-state index in [0.717, 1.165) is 32.0 Å². The maximum atomic E-state index is 13.4. The molecule has 1 aromatic heterocycles. The molecule has 5 nitrogen and oxygen atoms in total. The van der Waals surface area contributed by atoms with Gasteiger partial charge in [0, 0.05) is 56.2 Å². The Labute approximate surface area is 143 Å². The Bertz CT molecular complexity index is 643. The van der Waals surface area contributed by atoms with E-state index in [-0.39, 0.29) is 11.9 Å². The molecule has 0 spiro atoms. The average Bonchev–Trinajstić information content (AvgIpc) is 2.93. The van der Waals surface area contributed by atoms with Crippen LogP contribution in [0.5, 0.6) is 5.75 Å². The predicted molar refractivity (Wildman–Crippen MR) is 90.0 cm³/mol. The Morgan fingerprint density at radius 1 is 1.43 bits per heavy atom. The van der Waals surface area contributed by atoms with Gasteiger partial charge in [-0.1, -0.05) is 15.9 Å². The molecule has 0 aliphatic carbocycles. The summed E-state index contributed by atoms with van der Waals surface area (Å²) in [5, 5.41) is 3.41. The summed E-state index contributed by atoms with van der Waals surface area (Å²) in [4.78, 5) is 6.82. The SMILES string of the molecule is Cn1ccnc1C1CNCCN1CCOc1cc(F)cc(Br)c1. The highest BCUT2D eigenvalue weighted by atomic mass is 79.9. The van der Waals surface area contributed by atoms with E-state index in [1.807, 2.05) is 19.4 Å². The lowest BCUT2D eigenvalue weighted by Crippen LogP contribution is -2.48. The number of benzene rings is 1. The quantitative estimate of drug-likeness (QED) is 0.861. The number of hydrogen-bond acceptors (Lipinski definition) is 4. The highest BCUT2D eigenvalue weighted by Gasteiger charge is 2.26. The first-order valence-corrected chi connectivity index (χ1v) is 8.43. The molecule has 1 atom stereocenters. The van der Waals surface area contributed by atoms with Crippen LogP contribution in [-0.2, 0) is 7.05 Å². The molecule has 1 aromatic carbocycles. The fourth-order valence-electron chi connectivity index (χ4n) is 2.86. The Kier molecular flexibility index (Phi) is 5.30. The minimum atomic E-state index is -0.303. The molecular weight excluding hydrogens is 363 g/mol. The van der Waals surface area contributed by atoms with Crippen LogP contribution in [0.1, 0.15) is 11.9 Å². The second kappa shape index (κ2) is 7.42. The molecule has 1 aliphatic rings. The molecule has 0 amide bonds. The van der Waals surface area contributed by atoms with Crippen LogP contribution in [0.3, 0.4) is 0 Å². The van der Waals surface area contributed by atoms with Crippen LogP contribution >= 0.6 is 15.9 Å². The van der Waals surface area contributed by atoms with Crippen molar-refractivity contribution in [2.24, 2.45) is 7.05 Å². The first kappa shape index (κ1) is 16.4. The molecule has 23 heavy (non-hydrogen) atoms. The summed E-state index contributed by atoms with van der Waals surface area (Å²) in [7, 11) is 2.01. The summed E-state index contributed by atoms with van der Waals surface area (Å²) in [5.41, 5.74) is 0. The number of imidazole rings is 1. The van der Waals surface area contributed by atoms with Gasteiger partial charge in [0.25, 0.3) is 0 Å². The molecule has 0 radical (unpaired) electrons. The molecule has 1 aliphatic heterocycles. The fraction of sp³-hybridized carbons (Fsp3) is 0.438. The van der Waals surface area contributed by atoms with Gasteiger partial charge >= 0.3 is 0 Å². The van der Waals surface area contributed by atoms with Crippen molar-refractivity contribution in [3.05, 3.63) is 46.7 Å². The van der Waals surface area contributed by atoms with Crippen molar-refractivity contribution >= 4 is 15.9 Å². The number of piperazine rings is 1. The Balaban J connectivity index is 1.60. The van der Waals surface area contributed by atoms with Gasteiger partial charge in [-0.2, -0.15) is 0 Å². The third kappa shape index (κ3) is 4.10. The second-order valence-corrected chi connectivity index (χ2v) is 6.52. The highest BCUT2D eigenvalue weighted by molar-refractivity contribution is 9.10. The Hall–Kier alpha value is -1.44. The maximum Gasteiger partial charge on any atom is 0.128 e. The third-order valence-corrected chi connectivity index (χ3v) is 4.45. The van der Waals surface area contributed by atoms with Crippen LogP contribution in [0.2, 0.25) is 0 Å². The van der Waals surface area contributed by atoms with E-state index in [2.05, 4.69) is 35.7 Å². The van der Waals surface area contributed by atoms with Gasteiger partial charge < -0.3 is 14.6 Å².